The number of likely N-dealkylation sites (tertiary alicyclic amines) is 1. The van der Waals surface area contributed by atoms with Gasteiger partial charge in [-0.15, -0.1) is 0 Å². The fourth-order valence-electron chi connectivity index (χ4n) is 3.09. The number of carbonyl (C=O) groups is 2. The summed E-state index contributed by atoms with van der Waals surface area (Å²) in [6.45, 7) is 6.87. The van der Waals surface area contributed by atoms with Gasteiger partial charge in [-0.05, 0) is 44.4 Å². The molecule has 23 heavy (non-hydrogen) atoms. The van der Waals surface area contributed by atoms with Crippen molar-refractivity contribution in [3.05, 3.63) is 29.8 Å². The fourth-order valence-corrected chi connectivity index (χ4v) is 3.09. The lowest BCUT2D eigenvalue weighted by Crippen LogP contribution is -2.44. The smallest absolute Gasteiger partial charge is 0.226 e. The van der Waals surface area contributed by atoms with Crippen molar-refractivity contribution in [3.63, 3.8) is 0 Å². The molecule has 0 spiro atoms. The van der Waals surface area contributed by atoms with Crippen molar-refractivity contribution in [2.75, 3.05) is 31.9 Å². The first kappa shape index (κ1) is 17.3. The summed E-state index contributed by atoms with van der Waals surface area (Å²) in [7, 11) is 0. The minimum Gasteiger partial charge on any atom is -0.399 e. The lowest BCUT2D eigenvalue weighted by atomic mass is 9.94. The zero-order valence-electron chi connectivity index (χ0n) is 14.1. The van der Waals surface area contributed by atoms with E-state index in [0.29, 0.717) is 25.2 Å². The molecule has 1 aliphatic rings. The third-order valence-electron chi connectivity index (χ3n) is 4.61. The zero-order valence-corrected chi connectivity index (χ0v) is 14.1. The highest BCUT2D eigenvalue weighted by Crippen LogP contribution is 2.20. The number of rotatable bonds is 5. The summed E-state index contributed by atoms with van der Waals surface area (Å²) in [5, 5.41) is 0. The maximum absolute atomic E-state index is 12.4. The van der Waals surface area contributed by atoms with E-state index in [4.69, 9.17) is 5.73 Å². The van der Waals surface area contributed by atoms with Crippen LogP contribution in [0.5, 0.6) is 0 Å². The van der Waals surface area contributed by atoms with Gasteiger partial charge in [-0.1, -0.05) is 12.1 Å². The van der Waals surface area contributed by atoms with Crippen LogP contribution in [-0.4, -0.2) is 47.8 Å². The highest BCUT2D eigenvalue weighted by molar-refractivity contribution is 5.81. The van der Waals surface area contributed by atoms with Gasteiger partial charge in [0, 0.05) is 37.8 Å². The van der Waals surface area contributed by atoms with Gasteiger partial charge in [-0.25, -0.2) is 0 Å². The second-order valence-electron chi connectivity index (χ2n) is 6.08. The van der Waals surface area contributed by atoms with E-state index < -0.39 is 0 Å². The number of carbonyl (C=O) groups excluding carboxylic acids is 2. The molecule has 1 aromatic carbocycles. The fraction of sp³-hybridized carbons (Fsp3) is 0.556. The van der Waals surface area contributed by atoms with E-state index in [2.05, 4.69) is 0 Å². The minimum absolute atomic E-state index is 0.0653. The number of anilines is 1. The van der Waals surface area contributed by atoms with Crippen molar-refractivity contribution in [3.8, 4) is 0 Å². The quantitative estimate of drug-likeness (QED) is 0.844. The van der Waals surface area contributed by atoms with E-state index in [1.54, 1.807) is 0 Å². The number of nitrogens with zero attached hydrogens (tertiary/aromatic N) is 2. The number of piperidine rings is 1. The summed E-state index contributed by atoms with van der Waals surface area (Å²) in [4.78, 5) is 28.5. The molecule has 1 heterocycles. The van der Waals surface area contributed by atoms with Gasteiger partial charge < -0.3 is 15.5 Å². The molecule has 0 bridgehead atoms. The molecular weight excluding hydrogens is 290 g/mol. The third-order valence-corrected chi connectivity index (χ3v) is 4.61. The van der Waals surface area contributed by atoms with Gasteiger partial charge in [0.15, 0.2) is 0 Å². The molecule has 0 unspecified atom stereocenters. The normalized spacial score (nSPS) is 15.5. The van der Waals surface area contributed by atoms with Crippen LogP contribution < -0.4 is 5.73 Å². The molecule has 2 amide bonds. The van der Waals surface area contributed by atoms with Crippen molar-refractivity contribution in [1.29, 1.82) is 0 Å². The van der Waals surface area contributed by atoms with Gasteiger partial charge in [-0.3, -0.25) is 9.59 Å². The average Bonchev–Trinajstić information content (AvgIpc) is 2.58. The van der Waals surface area contributed by atoms with Crippen LogP contribution in [0.1, 0.15) is 32.3 Å². The lowest BCUT2D eigenvalue weighted by molar-refractivity contribution is -0.140. The number of nitrogens with two attached hydrogens (primary N) is 1. The van der Waals surface area contributed by atoms with Crippen molar-refractivity contribution in [2.24, 2.45) is 5.92 Å². The molecule has 0 saturated carbocycles. The Hall–Kier alpha value is -2.04. The molecule has 1 aromatic rings. The molecule has 0 atom stereocenters. The summed E-state index contributed by atoms with van der Waals surface area (Å²) in [5.74, 6) is 0.430. The molecule has 5 nitrogen and oxygen atoms in total. The Kier molecular flexibility index (Phi) is 6.02. The van der Waals surface area contributed by atoms with Gasteiger partial charge in [0.25, 0.3) is 0 Å². The van der Waals surface area contributed by atoms with E-state index in [1.165, 1.54) is 0 Å². The molecule has 0 aliphatic carbocycles. The number of hydrogen-bond donors (Lipinski definition) is 1. The molecular formula is C18H27N3O2. The molecule has 126 valence electrons. The topological polar surface area (TPSA) is 66.6 Å². The number of amides is 2. The maximum atomic E-state index is 12.4. The summed E-state index contributed by atoms with van der Waals surface area (Å²) >= 11 is 0. The predicted molar refractivity (Wildman–Crippen MR) is 91.8 cm³/mol. The summed E-state index contributed by atoms with van der Waals surface area (Å²) in [5.41, 5.74) is 7.34. The Morgan fingerprint density at radius 1 is 1.13 bits per heavy atom. The lowest BCUT2D eigenvalue weighted by Gasteiger charge is -2.33. The zero-order chi connectivity index (χ0) is 16.8. The summed E-state index contributed by atoms with van der Waals surface area (Å²) < 4.78 is 0. The van der Waals surface area contributed by atoms with Crippen LogP contribution in [0.2, 0.25) is 0 Å². The van der Waals surface area contributed by atoms with Crippen LogP contribution in [0.25, 0.3) is 0 Å². The van der Waals surface area contributed by atoms with Crippen LogP contribution in [0.4, 0.5) is 5.69 Å². The van der Waals surface area contributed by atoms with E-state index in [1.807, 2.05) is 47.9 Å². The second-order valence-corrected chi connectivity index (χ2v) is 6.08. The van der Waals surface area contributed by atoms with Crippen molar-refractivity contribution >= 4 is 17.5 Å². The third kappa shape index (κ3) is 4.47. The number of benzene rings is 1. The van der Waals surface area contributed by atoms with Gasteiger partial charge in [0.1, 0.15) is 0 Å². The maximum Gasteiger partial charge on any atom is 0.226 e. The van der Waals surface area contributed by atoms with Crippen LogP contribution >= 0.6 is 0 Å². The molecule has 2 rings (SSSR count). The van der Waals surface area contributed by atoms with E-state index in [0.717, 1.165) is 31.5 Å². The first-order chi connectivity index (χ1) is 11.0. The standard InChI is InChI=1S/C18H27N3O2/c1-3-20(4-2)18(23)15-9-11-21(12-10-15)17(22)13-14-5-7-16(19)8-6-14/h5-8,15H,3-4,9-13,19H2,1-2H3. The van der Waals surface area contributed by atoms with Gasteiger partial charge in [0.05, 0.1) is 6.42 Å². The van der Waals surface area contributed by atoms with Crippen LogP contribution in [0.3, 0.4) is 0 Å². The van der Waals surface area contributed by atoms with E-state index in [9.17, 15) is 9.59 Å². The molecule has 5 heteroatoms. The van der Waals surface area contributed by atoms with E-state index in [-0.39, 0.29) is 17.7 Å². The second kappa shape index (κ2) is 7.99. The Morgan fingerprint density at radius 2 is 1.70 bits per heavy atom. The predicted octanol–water partition coefficient (Wildman–Crippen LogP) is 1.92. The molecule has 1 aliphatic heterocycles. The van der Waals surface area contributed by atoms with Crippen LogP contribution in [0, 0.1) is 5.92 Å². The molecule has 0 aromatic heterocycles. The Labute approximate surface area is 138 Å². The summed E-state index contributed by atoms with van der Waals surface area (Å²) in [6.07, 6.45) is 1.93. The first-order valence-electron chi connectivity index (χ1n) is 8.46. The molecule has 0 radical (unpaired) electrons. The van der Waals surface area contributed by atoms with Gasteiger partial charge in [0.2, 0.25) is 11.8 Å². The average molecular weight is 317 g/mol. The molecule has 2 N–H and O–H groups in total. The van der Waals surface area contributed by atoms with Crippen LogP contribution in [0.15, 0.2) is 24.3 Å². The van der Waals surface area contributed by atoms with Crippen LogP contribution in [-0.2, 0) is 16.0 Å². The van der Waals surface area contributed by atoms with Crippen molar-refractivity contribution in [2.45, 2.75) is 33.1 Å². The molecule has 1 fully saturated rings. The Bertz CT molecular complexity index is 530. The van der Waals surface area contributed by atoms with Crippen molar-refractivity contribution in [1.82, 2.24) is 9.80 Å². The van der Waals surface area contributed by atoms with Crippen molar-refractivity contribution < 1.29 is 9.59 Å². The number of hydrogen-bond acceptors (Lipinski definition) is 3. The summed E-state index contributed by atoms with van der Waals surface area (Å²) in [6, 6.07) is 7.42. The van der Waals surface area contributed by atoms with Gasteiger partial charge >= 0.3 is 0 Å². The first-order valence-corrected chi connectivity index (χ1v) is 8.46. The largest absolute Gasteiger partial charge is 0.399 e. The SMILES string of the molecule is CCN(CC)C(=O)C1CCN(C(=O)Cc2ccc(N)cc2)CC1. The number of nitrogen functional groups attached to an aromatic ring is 1. The Balaban J connectivity index is 1.85. The Morgan fingerprint density at radius 3 is 2.22 bits per heavy atom. The highest BCUT2D eigenvalue weighted by Gasteiger charge is 2.29. The highest BCUT2D eigenvalue weighted by atomic mass is 16.2. The van der Waals surface area contributed by atoms with Gasteiger partial charge in [-0.2, -0.15) is 0 Å². The monoisotopic (exact) mass is 317 g/mol. The van der Waals surface area contributed by atoms with E-state index >= 15 is 0 Å². The minimum atomic E-state index is 0.0653. The molecule has 1 saturated heterocycles.